The SMILES string of the molecule is O=C(Cl)C12C3C4CC5C3C1C5C42. The predicted octanol–water partition coefficient (Wildman–Crippen LogP) is 1.51. The van der Waals surface area contributed by atoms with Crippen LogP contribution in [0.25, 0.3) is 0 Å². The van der Waals surface area contributed by atoms with Gasteiger partial charge in [0.2, 0.25) is 5.24 Å². The van der Waals surface area contributed by atoms with Crippen molar-refractivity contribution in [3.05, 3.63) is 0 Å². The summed E-state index contributed by atoms with van der Waals surface area (Å²) >= 11 is 5.72. The summed E-state index contributed by atoms with van der Waals surface area (Å²) in [6.07, 6.45) is 1.45. The van der Waals surface area contributed by atoms with Gasteiger partial charge in [0.25, 0.3) is 0 Å². The molecule has 4 unspecified atom stereocenters. The van der Waals surface area contributed by atoms with Crippen molar-refractivity contribution in [2.24, 2.45) is 46.8 Å². The van der Waals surface area contributed by atoms with Crippen molar-refractivity contribution in [2.75, 3.05) is 0 Å². The van der Waals surface area contributed by atoms with Gasteiger partial charge in [0.15, 0.2) is 0 Å². The first-order valence-corrected chi connectivity index (χ1v) is 5.37. The second-order valence-electron chi connectivity index (χ2n) is 5.50. The maximum absolute atomic E-state index is 11.3. The molecule has 0 saturated heterocycles. The number of carbonyl (C=O) groups is 1. The molecule has 1 nitrogen and oxygen atoms in total. The lowest BCUT2D eigenvalue weighted by molar-refractivity contribution is -0.422. The van der Waals surface area contributed by atoms with Crippen LogP contribution in [0, 0.1) is 46.8 Å². The minimum absolute atomic E-state index is 0.0200. The second-order valence-corrected chi connectivity index (χ2v) is 5.85. The zero-order valence-corrected chi connectivity index (χ0v) is 7.29. The summed E-state index contributed by atoms with van der Waals surface area (Å²) in [5, 5.41) is 0.0200. The number of halogens is 1. The third-order valence-electron chi connectivity index (χ3n) is 6.11. The minimum atomic E-state index is 0.0200. The van der Waals surface area contributed by atoms with E-state index < -0.39 is 0 Å². The van der Waals surface area contributed by atoms with Crippen LogP contribution < -0.4 is 0 Å². The van der Waals surface area contributed by atoms with Gasteiger partial charge >= 0.3 is 0 Å². The second kappa shape index (κ2) is 1.13. The van der Waals surface area contributed by atoms with Crippen molar-refractivity contribution in [3.8, 4) is 0 Å². The molecule has 0 spiro atoms. The van der Waals surface area contributed by atoms with Crippen LogP contribution in [0.4, 0.5) is 0 Å². The smallest absolute Gasteiger partial charge is 0.228 e. The van der Waals surface area contributed by atoms with Crippen LogP contribution in [0.2, 0.25) is 0 Å². The van der Waals surface area contributed by atoms with Crippen LogP contribution >= 0.6 is 11.6 Å². The summed E-state index contributed by atoms with van der Waals surface area (Å²) in [6, 6.07) is 0. The van der Waals surface area contributed by atoms with Gasteiger partial charge in [0.05, 0.1) is 5.41 Å². The first kappa shape index (κ1) is 5.64. The van der Waals surface area contributed by atoms with Gasteiger partial charge in [-0.1, -0.05) is 0 Å². The van der Waals surface area contributed by atoms with Crippen LogP contribution in [0.3, 0.4) is 0 Å². The highest BCUT2D eigenvalue weighted by Gasteiger charge is 2.99. The Morgan fingerprint density at radius 3 is 2.33 bits per heavy atom. The lowest BCUT2D eigenvalue weighted by Gasteiger charge is -2.89. The summed E-state index contributed by atoms with van der Waals surface area (Å²) in [4.78, 5) is 11.3. The van der Waals surface area contributed by atoms with Gasteiger partial charge in [-0.25, -0.2) is 0 Å². The highest BCUT2D eigenvalue weighted by molar-refractivity contribution is 6.65. The first-order valence-electron chi connectivity index (χ1n) is 4.99. The molecule has 6 fully saturated rings. The molecule has 0 heterocycles. The van der Waals surface area contributed by atoms with Crippen LogP contribution in [0.1, 0.15) is 6.42 Å². The molecule has 6 rings (SSSR count). The van der Waals surface area contributed by atoms with E-state index in [1.54, 1.807) is 0 Å². The van der Waals surface area contributed by atoms with Gasteiger partial charge in [-0.15, -0.1) is 0 Å². The Hall–Kier alpha value is -0.0400. The lowest BCUT2D eigenvalue weighted by atomic mass is 9.13. The molecule has 6 aliphatic carbocycles. The lowest BCUT2D eigenvalue weighted by Crippen LogP contribution is -2.90. The van der Waals surface area contributed by atoms with E-state index in [0.29, 0.717) is 0 Å². The molecular weight excluding hydrogens is 172 g/mol. The number of rotatable bonds is 1. The summed E-state index contributed by atoms with van der Waals surface area (Å²) in [5.41, 5.74) is 0.0779. The normalized spacial score (nSPS) is 82.9. The molecule has 0 aliphatic heterocycles. The van der Waals surface area contributed by atoms with Gasteiger partial charge in [0, 0.05) is 0 Å². The maximum atomic E-state index is 11.3. The Bertz CT molecular complexity index is 326. The van der Waals surface area contributed by atoms with Crippen molar-refractivity contribution < 1.29 is 4.79 Å². The fourth-order valence-electron chi connectivity index (χ4n) is 6.28. The predicted molar refractivity (Wildman–Crippen MR) is 42.3 cm³/mol. The maximum Gasteiger partial charge on any atom is 0.228 e. The van der Waals surface area contributed by atoms with Gasteiger partial charge in [0.1, 0.15) is 0 Å². The van der Waals surface area contributed by atoms with E-state index in [1.165, 1.54) is 6.42 Å². The molecule has 62 valence electrons. The van der Waals surface area contributed by atoms with Crippen LogP contribution in [-0.2, 0) is 4.79 Å². The summed E-state index contributed by atoms with van der Waals surface area (Å²) in [7, 11) is 0. The topological polar surface area (TPSA) is 17.1 Å². The number of hydrogen-bond donors (Lipinski definition) is 0. The van der Waals surface area contributed by atoms with Crippen LogP contribution in [0.15, 0.2) is 0 Å². The molecule has 6 aliphatic rings. The molecule has 0 aromatic rings. The average Bonchev–Trinajstić information content (AvgIpc) is 2.27. The van der Waals surface area contributed by atoms with Crippen LogP contribution in [-0.4, -0.2) is 5.24 Å². The standard InChI is InChI=1S/C10H9ClO/c11-9(12)10-6-3-1-2-4(6)8(10)5(2)7(3)10/h2-8H,1H2. The van der Waals surface area contributed by atoms with E-state index in [4.69, 9.17) is 11.6 Å². The first-order chi connectivity index (χ1) is 5.79. The Morgan fingerprint density at radius 2 is 1.83 bits per heavy atom. The molecule has 0 radical (unpaired) electrons. The molecule has 2 bridgehead atoms. The van der Waals surface area contributed by atoms with Gasteiger partial charge < -0.3 is 0 Å². The Labute approximate surface area is 75.5 Å². The zero-order chi connectivity index (χ0) is 7.83. The van der Waals surface area contributed by atoms with Crippen LogP contribution in [0.5, 0.6) is 0 Å². The van der Waals surface area contributed by atoms with E-state index >= 15 is 0 Å². The van der Waals surface area contributed by atoms with Crippen molar-refractivity contribution in [2.45, 2.75) is 6.42 Å². The Kier molecular flexibility index (Phi) is 0.533. The van der Waals surface area contributed by atoms with Crippen molar-refractivity contribution in [3.63, 3.8) is 0 Å². The van der Waals surface area contributed by atoms with E-state index in [9.17, 15) is 4.79 Å². The molecule has 12 heavy (non-hydrogen) atoms. The van der Waals surface area contributed by atoms with E-state index in [1.807, 2.05) is 0 Å². The van der Waals surface area contributed by atoms with E-state index in [2.05, 4.69) is 0 Å². The van der Waals surface area contributed by atoms with Gasteiger partial charge in [-0.2, -0.15) is 0 Å². The summed E-state index contributed by atoms with van der Waals surface area (Å²) < 4.78 is 0. The third kappa shape index (κ3) is 0.222. The van der Waals surface area contributed by atoms with E-state index in [0.717, 1.165) is 41.4 Å². The van der Waals surface area contributed by atoms with E-state index in [-0.39, 0.29) is 10.7 Å². The fourth-order valence-corrected chi connectivity index (χ4v) is 6.66. The fraction of sp³-hybridized carbons (Fsp3) is 0.900. The molecule has 0 aromatic heterocycles. The largest absolute Gasteiger partial charge is 0.281 e. The molecule has 0 N–H and O–H groups in total. The van der Waals surface area contributed by atoms with Crippen molar-refractivity contribution >= 4 is 16.8 Å². The zero-order valence-electron chi connectivity index (χ0n) is 6.53. The van der Waals surface area contributed by atoms with Crippen molar-refractivity contribution in [1.29, 1.82) is 0 Å². The quantitative estimate of drug-likeness (QED) is 0.559. The molecule has 4 atom stereocenters. The number of hydrogen-bond acceptors (Lipinski definition) is 1. The molecule has 0 amide bonds. The Balaban J connectivity index is 1.78. The number of carbonyl (C=O) groups excluding carboxylic acids is 1. The molecular formula is C10H9ClO. The third-order valence-corrected chi connectivity index (χ3v) is 6.44. The monoisotopic (exact) mass is 180 g/mol. The van der Waals surface area contributed by atoms with Gasteiger partial charge in [-0.05, 0) is 59.4 Å². The molecule has 2 heteroatoms. The average molecular weight is 181 g/mol. The minimum Gasteiger partial charge on any atom is -0.281 e. The van der Waals surface area contributed by atoms with Crippen molar-refractivity contribution in [1.82, 2.24) is 0 Å². The highest BCUT2D eigenvalue weighted by Crippen LogP contribution is 3.00. The summed E-state index contributed by atoms with van der Waals surface area (Å²) in [6.45, 7) is 0. The molecule has 0 aromatic carbocycles. The highest BCUT2D eigenvalue weighted by atomic mass is 35.5. The molecule has 6 saturated carbocycles. The summed E-state index contributed by atoms with van der Waals surface area (Å²) in [5.74, 6) is 6.24. The Morgan fingerprint density at radius 1 is 1.17 bits per heavy atom. The van der Waals surface area contributed by atoms with Gasteiger partial charge in [-0.3, -0.25) is 4.79 Å².